The number of aliphatic hydroxyl groups excluding tert-OH is 1. The monoisotopic (exact) mass is 425 g/mol. The SMILES string of the molecule is Cc1nn(C)c(C)c1/C(O)=C1\C(=O)C(=O)N(CCN2CCOCC2)[C@@H]1c1ccccn1. The summed E-state index contributed by atoms with van der Waals surface area (Å²) in [5.41, 5.74) is 2.40. The second-order valence-corrected chi connectivity index (χ2v) is 7.87. The maximum atomic E-state index is 13.1. The molecule has 0 saturated carbocycles. The molecule has 0 aliphatic carbocycles. The molecule has 2 saturated heterocycles. The zero-order chi connectivity index (χ0) is 22.1. The highest BCUT2D eigenvalue weighted by molar-refractivity contribution is 6.46. The van der Waals surface area contributed by atoms with E-state index in [9.17, 15) is 14.7 Å². The number of carbonyl (C=O) groups excluding carboxylic acids is 2. The van der Waals surface area contributed by atoms with Crippen LogP contribution in [-0.4, -0.2) is 80.8 Å². The van der Waals surface area contributed by atoms with Gasteiger partial charge in [0.05, 0.1) is 35.7 Å². The van der Waals surface area contributed by atoms with Crippen LogP contribution in [0.5, 0.6) is 0 Å². The second kappa shape index (κ2) is 8.60. The molecule has 0 bridgehead atoms. The van der Waals surface area contributed by atoms with Crippen LogP contribution in [0.15, 0.2) is 30.0 Å². The van der Waals surface area contributed by atoms with Crippen molar-refractivity contribution in [3.63, 3.8) is 0 Å². The Kier molecular flexibility index (Phi) is 5.88. The topological polar surface area (TPSA) is 101 Å². The number of morpholine rings is 1. The van der Waals surface area contributed by atoms with Gasteiger partial charge in [0.1, 0.15) is 11.8 Å². The van der Waals surface area contributed by atoms with Crippen LogP contribution in [0.25, 0.3) is 5.76 Å². The van der Waals surface area contributed by atoms with Crippen molar-refractivity contribution in [3.05, 3.63) is 52.6 Å². The van der Waals surface area contributed by atoms with E-state index < -0.39 is 17.7 Å². The van der Waals surface area contributed by atoms with Gasteiger partial charge in [-0.1, -0.05) is 6.07 Å². The van der Waals surface area contributed by atoms with Crippen LogP contribution < -0.4 is 0 Å². The van der Waals surface area contributed by atoms with E-state index in [0.717, 1.165) is 13.1 Å². The lowest BCUT2D eigenvalue weighted by Gasteiger charge is -2.30. The van der Waals surface area contributed by atoms with Gasteiger partial charge >= 0.3 is 0 Å². The number of Topliss-reactive ketones (excluding diaryl/α,β-unsaturated/α-hetero) is 1. The average Bonchev–Trinajstić information content (AvgIpc) is 3.18. The van der Waals surface area contributed by atoms with Gasteiger partial charge in [-0.05, 0) is 26.0 Å². The number of aromatic nitrogens is 3. The largest absolute Gasteiger partial charge is 0.507 e. The molecule has 4 rings (SSSR count). The van der Waals surface area contributed by atoms with Crippen LogP contribution >= 0.6 is 0 Å². The van der Waals surface area contributed by atoms with Crippen molar-refractivity contribution < 1.29 is 19.4 Å². The predicted molar refractivity (Wildman–Crippen MR) is 113 cm³/mol. The molecule has 31 heavy (non-hydrogen) atoms. The maximum absolute atomic E-state index is 13.1. The molecule has 164 valence electrons. The highest BCUT2D eigenvalue weighted by Crippen LogP contribution is 2.39. The zero-order valence-corrected chi connectivity index (χ0v) is 18.0. The normalized spacial score (nSPS) is 21.8. The van der Waals surface area contributed by atoms with Crippen molar-refractivity contribution in [2.45, 2.75) is 19.9 Å². The smallest absolute Gasteiger partial charge is 0.295 e. The molecule has 0 spiro atoms. The Hall–Kier alpha value is -3.04. The minimum atomic E-state index is -0.749. The van der Waals surface area contributed by atoms with E-state index in [1.807, 2.05) is 13.0 Å². The third-order valence-electron chi connectivity index (χ3n) is 6.01. The lowest BCUT2D eigenvalue weighted by atomic mass is 9.97. The summed E-state index contributed by atoms with van der Waals surface area (Å²) in [7, 11) is 1.77. The number of aryl methyl sites for hydroxylation is 2. The van der Waals surface area contributed by atoms with E-state index in [2.05, 4.69) is 15.0 Å². The van der Waals surface area contributed by atoms with Gasteiger partial charge in [0.25, 0.3) is 11.7 Å². The van der Waals surface area contributed by atoms with E-state index >= 15 is 0 Å². The molecule has 9 nitrogen and oxygen atoms in total. The first-order chi connectivity index (χ1) is 14.9. The van der Waals surface area contributed by atoms with Crippen LogP contribution in [0.2, 0.25) is 0 Å². The van der Waals surface area contributed by atoms with E-state index in [1.165, 1.54) is 4.90 Å². The van der Waals surface area contributed by atoms with Gasteiger partial charge in [-0.2, -0.15) is 5.10 Å². The van der Waals surface area contributed by atoms with Gasteiger partial charge in [0, 0.05) is 45.1 Å². The number of rotatable bonds is 5. The standard InChI is InChI=1S/C22H27N5O4/c1-14-17(15(2)25(3)24-14)20(28)18-19(16-6-4-5-7-23-16)27(22(30)21(18)29)9-8-26-10-12-31-13-11-26/h4-7,19,28H,8-13H2,1-3H3/b20-18+/t19-/m1/s1. The van der Waals surface area contributed by atoms with Gasteiger partial charge in [-0.15, -0.1) is 0 Å². The molecule has 4 heterocycles. The Bertz CT molecular complexity index is 1020. The molecular formula is C22H27N5O4. The number of hydrogen-bond acceptors (Lipinski definition) is 7. The molecule has 1 atom stereocenters. The van der Waals surface area contributed by atoms with Gasteiger partial charge in [-0.25, -0.2) is 0 Å². The van der Waals surface area contributed by atoms with Crippen molar-refractivity contribution in [2.75, 3.05) is 39.4 Å². The first kappa shape index (κ1) is 21.2. The summed E-state index contributed by atoms with van der Waals surface area (Å²) >= 11 is 0. The van der Waals surface area contributed by atoms with Gasteiger partial charge < -0.3 is 14.7 Å². The lowest BCUT2D eigenvalue weighted by Crippen LogP contribution is -2.42. The molecule has 1 N–H and O–H groups in total. The van der Waals surface area contributed by atoms with Crippen LogP contribution in [0.4, 0.5) is 0 Å². The number of ketones is 1. The molecule has 0 unspecified atom stereocenters. The molecule has 0 radical (unpaired) electrons. The Labute approximate surface area is 180 Å². The number of amides is 1. The van der Waals surface area contributed by atoms with E-state index in [1.54, 1.807) is 37.0 Å². The third kappa shape index (κ3) is 3.86. The molecule has 2 aromatic rings. The fraction of sp³-hybridized carbons (Fsp3) is 0.455. The first-order valence-corrected chi connectivity index (χ1v) is 10.4. The Balaban J connectivity index is 1.76. The van der Waals surface area contributed by atoms with Crippen LogP contribution in [0.3, 0.4) is 0 Å². The Morgan fingerprint density at radius 3 is 2.55 bits per heavy atom. The van der Waals surface area contributed by atoms with Gasteiger partial charge in [0.2, 0.25) is 0 Å². The average molecular weight is 425 g/mol. The first-order valence-electron chi connectivity index (χ1n) is 10.4. The van der Waals surface area contributed by atoms with Crippen LogP contribution in [0, 0.1) is 13.8 Å². The Morgan fingerprint density at radius 2 is 1.94 bits per heavy atom. The fourth-order valence-corrected chi connectivity index (χ4v) is 4.28. The summed E-state index contributed by atoms with van der Waals surface area (Å²) in [6.45, 7) is 7.44. The summed E-state index contributed by atoms with van der Waals surface area (Å²) in [5.74, 6) is -1.52. The highest BCUT2D eigenvalue weighted by Gasteiger charge is 2.47. The zero-order valence-electron chi connectivity index (χ0n) is 18.0. The number of aliphatic hydroxyl groups is 1. The van der Waals surface area contributed by atoms with Crippen LogP contribution in [-0.2, 0) is 21.4 Å². The van der Waals surface area contributed by atoms with Gasteiger partial charge in [0.15, 0.2) is 0 Å². The molecule has 9 heteroatoms. The maximum Gasteiger partial charge on any atom is 0.295 e. The van der Waals surface area contributed by atoms with Crippen LogP contribution in [0.1, 0.15) is 28.7 Å². The van der Waals surface area contributed by atoms with E-state index in [0.29, 0.717) is 48.9 Å². The minimum Gasteiger partial charge on any atom is -0.507 e. The lowest BCUT2D eigenvalue weighted by molar-refractivity contribution is -0.140. The van der Waals surface area contributed by atoms with Crippen molar-refractivity contribution in [1.29, 1.82) is 0 Å². The number of likely N-dealkylation sites (tertiary alicyclic amines) is 1. The summed E-state index contributed by atoms with van der Waals surface area (Å²) in [6.07, 6.45) is 1.62. The third-order valence-corrected chi connectivity index (χ3v) is 6.01. The summed E-state index contributed by atoms with van der Waals surface area (Å²) in [6, 6.07) is 4.61. The predicted octanol–water partition coefficient (Wildman–Crippen LogP) is 1.19. The highest BCUT2D eigenvalue weighted by atomic mass is 16.5. The molecule has 2 aliphatic rings. The molecular weight excluding hydrogens is 398 g/mol. The minimum absolute atomic E-state index is 0.0601. The molecule has 2 aromatic heterocycles. The number of carbonyl (C=O) groups is 2. The van der Waals surface area contributed by atoms with Crippen molar-refractivity contribution >= 4 is 17.4 Å². The van der Waals surface area contributed by atoms with Crippen molar-refractivity contribution in [3.8, 4) is 0 Å². The molecule has 0 aromatic carbocycles. The molecule has 2 aliphatic heterocycles. The number of nitrogens with zero attached hydrogens (tertiary/aromatic N) is 5. The summed E-state index contributed by atoms with van der Waals surface area (Å²) in [5, 5.41) is 15.6. The summed E-state index contributed by atoms with van der Waals surface area (Å²) < 4.78 is 7.03. The number of ether oxygens (including phenoxy) is 1. The molecule has 1 amide bonds. The fourth-order valence-electron chi connectivity index (χ4n) is 4.28. The summed E-state index contributed by atoms with van der Waals surface area (Å²) in [4.78, 5) is 34.2. The second-order valence-electron chi connectivity index (χ2n) is 7.87. The van der Waals surface area contributed by atoms with Crippen molar-refractivity contribution in [2.24, 2.45) is 7.05 Å². The van der Waals surface area contributed by atoms with E-state index in [4.69, 9.17) is 4.74 Å². The van der Waals surface area contributed by atoms with E-state index in [-0.39, 0.29) is 11.3 Å². The van der Waals surface area contributed by atoms with Gasteiger partial charge in [-0.3, -0.25) is 24.2 Å². The number of hydrogen-bond donors (Lipinski definition) is 1. The number of pyridine rings is 1. The Morgan fingerprint density at radius 1 is 1.19 bits per heavy atom. The molecule has 2 fully saturated rings. The van der Waals surface area contributed by atoms with Crippen molar-refractivity contribution in [1.82, 2.24) is 24.6 Å². The quantitative estimate of drug-likeness (QED) is 0.436.